The number of benzene rings is 1. The molecule has 1 heterocycles. The van der Waals surface area contributed by atoms with Gasteiger partial charge in [-0.05, 0) is 30.3 Å². The summed E-state index contributed by atoms with van der Waals surface area (Å²) in [6.07, 6.45) is 0. The highest BCUT2D eigenvalue weighted by molar-refractivity contribution is 9.10. The molecule has 1 aromatic rings. The summed E-state index contributed by atoms with van der Waals surface area (Å²) in [5.41, 5.74) is 1.99. The van der Waals surface area contributed by atoms with Gasteiger partial charge in [-0.3, -0.25) is 9.59 Å². The van der Waals surface area contributed by atoms with Gasteiger partial charge in [0.05, 0.1) is 11.3 Å². The van der Waals surface area contributed by atoms with E-state index < -0.39 is 11.7 Å². The maximum atomic E-state index is 12.0. The molecule has 1 amide bonds. The van der Waals surface area contributed by atoms with E-state index >= 15 is 0 Å². The number of amides is 1. The van der Waals surface area contributed by atoms with Crippen molar-refractivity contribution >= 4 is 33.3 Å². The van der Waals surface area contributed by atoms with Gasteiger partial charge in [-0.15, -0.1) is 0 Å². The Morgan fingerprint density at radius 1 is 1.42 bits per heavy atom. The van der Waals surface area contributed by atoms with E-state index in [4.69, 9.17) is 0 Å². The lowest BCUT2D eigenvalue weighted by molar-refractivity contribution is -0.114. The van der Waals surface area contributed by atoms with Crippen LogP contribution in [0.2, 0.25) is 0 Å². The quantitative estimate of drug-likeness (QED) is 0.667. The normalized spacial score (nSPS) is 13.9. The van der Waals surface area contributed by atoms with E-state index in [0.29, 0.717) is 24.3 Å². The van der Waals surface area contributed by atoms with Gasteiger partial charge in [-0.1, -0.05) is 29.4 Å². The standard InChI is InChI=1S/C14H15BrN2O2/c1-3-16-7-9(2)8-17-12-6-10(15)4-5-11(12)13(18)14(17)19/h4-6,16H,2-3,7-8H2,1H3. The molecule has 0 spiro atoms. The molecule has 100 valence electrons. The zero-order valence-electron chi connectivity index (χ0n) is 10.7. The molecule has 0 fully saturated rings. The number of halogens is 1. The number of rotatable bonds is 5. The van der Waals surface area contributed by atoms with Gasteiger partial charge in [0, 0.05) is 17.6 Å². The number of fused-ring (bicyclic) bond motifs is 1. The SMILES string of the molecule is C=C(CNCC)CN1C(=O)C(=O)c2ccc(Br)cc21. The van der Waals surface area contributed by atoms with Crippen LogP contribution in [0.15, 0.2) is 34.8 Å². The highest BCUT2D eigenvalue weighted by Crippen LogP contribution is 2.31. The predicted molar refractivity (Wildman–Crippen MR) is 78.5 cm³/mol. The van der Waals surface area contributed by atoms with Gasteiger partial charge in [0.1, 0.15) is 0 Å². The summed E-state index contributed by atoms with van der Waals surface area (Å²) in [6.45, 7) is 7.78. The van der Waals surface area contributed by atoms with Gasteiger partial charge in [0.2, 0.25) is 0 Å². The molecule has 1 aromatic carbocycles. The van der Waals surface area contributed by atoms with Gasteiger partial charge >= 0.3 is 0 Å². The fourth-order valence-electron chi connectivity index (χ4n) is 2.01. The summed E-state index contributed by atoms with van der Waals surface area (Å²) in [5, 5.41) is 3.15. The van der Waals surface area contributed by atoms with Crippen LogP contribution in [-0.2, 0) is 4.79 Å². The van der Waals surface area contributed by atoms with Gasteiger partial charge in [0.25, 0.3) is 11.7 Å². The molecule has 0 atom stereocenters. The lowest BCUT2D eigenvalue weighted by Crippen LogP contribution is -2.33. The Hall–Kier alpha value is -1.46. The van der Waals surface area contributed by atoms with Crippen molar-refractivity contribution in [2.24, 2.45) is 0 Å². The van der Waals surface area contributed by atoms with Crippen LogP contribution < -0.4 is 10.2 Å². The van der Waals surface area contributed by atoms with Crippen molar-refractivity contribution in [2.75, 3.05) is 24.5 Å². The zero-order chi connectivity index (χ0) is 14.0. The van der Waals surface area contributed by atoms with Crippen LogP contribution >= 0.6 is 15.9 Å². The van der Waals surface area contributed by atoms with Crippen molar-refractivity contribution in [2.45, 2.75) is 6.92 Å². The highest BCUT2D eigenvalue weighted by Gasteiger charge is 2.35. The molecule has 0 unspecified atom stereocenters. The second kappa shape index (κ2) is 5.67. The lowest BCUT2D eigenvalue weighted by atomic mass is 10.1. The Morgan fingerprint density at radius 3 is 2.84 bits per heavy atom. The Morgan fingerprint density at radius 2 is 2.16 bits per heavy atom. The summed E-state index contributed by atoms with van der Waals surface area (Å²) in [5.74, 6) is -0.926. The van der Waals surface area contributed by atoms with Crippen LogP contribution in [-0.4, -0.2) is 31.3 Å². The minimum atomic E-state index is -0.481. The molecule has 1 aliphatic heterocycles. The first kappa shape index (κ1) is 14.0. The third kappa shape index (κ3) is 2.77. The monoisotopic (exact) mass is 322 g/mol. The molecule has 19 heavy (non-hydrogen) atoms. The zero-order valence-corrected chi connectivity index (χ0v) is 12.3. The number of carbonyl (C=O) groups is 2. The number of ketones is 1. The van der Waals surface area contributed by atoms with Crippen molar-refractivity contribution in [3.8, 4) is 0 Å². The molecule has 1 N–H and O–H groups in total. The van der Waals surface area contributed by atoms with Crippen LogP contribution in [0.1, 0.15) is 17.3 Å². The second-order valence-corrected chi connectivity index (χ2v) is 5.33. The first-order chi connectivity index (χ1) is 9.04. The number of nitrogens with one attached hydrogen (secondary N) is 1. The number of likely N-dealkylation sites (N-methyl/N-ethyl adjacent to an activating group) is 1. The first-order valence-corrected chi connectivity index (χ1v) is 6.87. The van der Waals surface area contributed by atoms with Crippen molar-refractivity contribution in [1.29, 1.82) is 0 Å². The van der Waals surface area contributed by atoms with Crippen molar-refractivity contribution in [3.63, 3.8) is 0 Å². The van der Waals surface area contributed by atoms with Gasteiger partial charge in [-0.25, -0.2) is 0 Å². The molecule has 4 nitrogen and oxygen atoms in total. The first-order valence-electron chi connectivity index (χ1n) is 6.07. The molecule has 5 heteroatoms. The minimum absolute atomic E-state index is 0.362. The number of Topliss-reactive ketones (excluding diaryl/α,β-unsaturated/α-hetero) is 1. The van der Waals surface area contributed by atoms with Gasteiger partial charge in [-0.2, -0.15) is 0 Å². The third-order valence-corrected chi connectivity index (χ3v) is 3.43. The maximum Gasteiger partial charge on any atom is 0.299 e. The highest BCUT2D eigenvalue weighted by atomic mass is 79.9. The summed E-state index contributed by atoms with van der Waals surface area (Å²) in [7, 11) is 0. The van der Waals surface area contributed by atoms with Crippen molar-refractivity contribution in [3.05, 3.63) is 40.4 Å². The Balaban J connectivity index is 2.23. The molecule has 0 aromatic heterocycles. The van der Waals surface area contributed by atoms with Gasteiger partial charge in [0.15, 0.2) is 0 Å². The van der Waals surface area contributed by atoms with E-state index in [1.165, 1.54) is 4.90 Å². The van der Waals surface area contributed by atoms with E-state index in [2.05, 4.69) is 27.8 Å². The van der Waals surface area contributed by atoms with Crippen LogP contribution in [0.4, 0.5) is 5.69 Å². The maximum absolute atomic E-state index is 12.0. The molecule has 1 aliphatic rings. The van der Waals surface area contributed by atoms with Crippen LogP contribution in [0, 0.1) is 0 Å². The Labute approximate surface area is 120 Å². The van der Waals surface area contributed by atoms with Crippen molar-refractivity contribution in [1.82, 2.24) is 5.32 Å². The number of nitrogens with zero attached hydrogens (tertiary/aromatic N) is 1. The molecule has 2 rings (SSSR count). The molecule has 0 bridgehead atoms. The predicted octanol–water partition coefficient (Wildman–Crippen LogP) is 2.14. The van der Waals surface area contributed by atoms with E-state index in [-0.39, 0.29) is 0 Å². The minimum Gasteiger partial charge on any atom is -0.313 e. The molecular formula is C14H15BrN2O2. The number of hydrogen-bond acceptors (Lipinski definition) is 3. The Kier molecular flexibility index (Phi) is 4.17. The number of carbonyl (C=O) groups excluding carboxylic acids is 2. The van der Waals surface area contributed by atoms with Crippen LogP contribution in [0.5, 0.6) is 0 Å². The van der Waals surface area contributed by atoms with Crippen LogP contribution in [0.3, 0.4) is 0 Å². The van der Waals surface area contributed by atoms with Gasteiger partial charge < -0.3 is 10.2 Å². The van der Waals surface area contributed by atoms with E-state index in [0.717, 1.165) is 16.6 Å². The molecule has 0 radical (unpaired) electrons. The van der Waals surface area contributed by atoms with Crippen molar-refractivity contribution < 1.29 is 9.59 Å². The van der Waals surface area contributed by atoms with E-state index in [1.54, 1.807) is 18.2 Å². The fourth-order valence-corrected chi connectivity index (χ4v) is 2.35. The van der Waals surface area contributed by atoms with E-state index in [9.17, 15) is 9.59 Å². The molecule has 0 aliphatic carbocycles. The largest absolute Gasteiger partial charge is 0.313 e. The molecule has 0 saturated heterocycles. The summed E-state index contributed by atoms with van der Waals surface area (Å²) in [6, 6.07) is 5.23. The fraction of sp³-hybridized carbons (Fsp3) is 0.286. The summed E-state index contributed by atoms with van der Waals surface area (Å²) >= 11 is 3.36. The average molecular weight is 323 g/mol. The van der Waals surface area contributed by atoms with Crippen LogP contribution in [0.25, 0.3) is 0 Å². The second-order valence-electron chi connectivity index (χ2n) is 4.41. The number of anilines is 1. The summed E-state index contributed by atoms with van der Waals surface area (Å²) < 4.78 is 0.844. The third-order valence-electron chi connectivity index (χ3n) is 2.94. The molecule has 0 saturated carbocycles. The number of hydrogen-bond donors (Lipinski definition) is 1. The smallest absolute Gasteiger partial charge is 0.299 e. The topological polar surface area (TPSA) is 49.4 Å². The molecular weight excluding hydrogens is 308 g/mol. The summed E-state index contributed by atoms with van der Waals surface area (Å²) in [4.78, 5) is 25.3. The Bertz CT molecular complexity index is 554. The van der Waals surface area contributed by atoms with E-state index in [1.807, 2.05) is 6.92 Å². The lowest BCUT2D eigenvalue weighted by Gasteiger charge is -2.18. The average Bonchev–Trinajstić information content (AvgIpc) is 2.61.